The zero-order valence-electron chi connectivity index (χ0n) is 12.5. The summed E-state index contributed by atoms with van der Waals surface area (Å²) >= 11 is 11.2. The number of benzene rings is 2. The molecule has 2 rings (SSSR count). The molecule has 0 aliphatic rings. The summed E-state index contributed by atoms with van der Waals surface area (Å²) in [6.45, 7) is 3.93. The maximum absolute atomic E-state index is 12.1. The topological polar surface area (TPSA) is 29.1 Å². The van der Waals surface area contributed by atoms with Crippen molar-refractivity contribution in [1.29, 1.82) is 0 Å². The monoisotopic (exact) mass is 397 g/mol. The Bertz CT molecular complexity index is 667. The number of carbonyl (C=O) groups is 1. The molecule has 0 aliphatic heterocycles. The lowest BCUT2D eigenvalue weighted by atomic mass is 10.1. The Morgan fingerprint density at radius 3 is 2.73 bits per heavy atom. The smallest absolute Gasteiger partial charge is 0.234 e. The van der Waals surface area contributed by atoms with Gasteiger partial charge in [0.05, 0.1) is 16.5 Å². The molecule has 0 atom stereocenters. The predicted octanol–water partition coefficient (Wildman–Crippen LogP) is 5.59. The number of carbonyl (C=O) groups excluding carboxylic acids is 1. The molecule has 0 aliphatic carbocycles. The quantitative estimate of drug-likeness (QED) is 0.711. The lowest BCUT2D eigenvalue weighted by molar-refractivity contribution is -0.113. The van der Waals surface area contributed by atoms with E-state index in [1.165, 1.54) is 5.56 Å². The van der Waals surface area contributed by atoms with E-state index < -0.39 is 0 Å². The highest BCUT2D eigenvalue weighted by molar-refractivity contribution is 9.10. The molecule has 0 aromatic heterocycles. The van der Waals surface area contributed by atoms with Gasteiger partial charge in [0.25, 0.3) is 0 Å². The lowest BCUT2D eigenvalue weighted by Gasteiger charge is -2.11. The summed E-state index contributed by atoms with van der Waals surface area (Å²) in [5, 5.41) is 3.49. The van der Waals surface area contributed by atoms with Crippen molar-refractivity contribution >= 4 is 50.9 Å². The van der Waals surface area contributed by atoms with Gasteiger partial charge in [-0.25, -0.2) is 0 Å². The van der Waals surface area contributed by atoms with Crippen LogP contribution in [0.15, 0.2) is 40.9 Å². The zero-order chi connectivity index (χ0) is 16.1. The third kappa shape index (κ3) is 5.04. The second kappa shape index (κ2) is 8.04. The molecule has 5 heteroatoms. The van der Waals surface area contributed by atoms with Crippen LogP contribution in [-0.2, 0) is 10.5 Å². The van der Waals surface area contributed by atoms with Gasteiger partial charge in [0.15, 0.2) is 0 Å². The number of anilines is 1. The minimum absolute atomic E-state index is 0.0335. The summed E-state index contributed by atoms with van der Waals surface area (Å²) < 4.78 is 1.05. The normalized spacial score (nSPS) is 10.5. The van der Waals surface area contributed by atoms with Gasteiger partial charge in [-0.2, -0.15) is 0 Å². The van der Waals surface area contributed by atoms with Crippen LogP contribution in [0, 0.1) is 13.8 Å². The van der Waals surface area contributed by atoms with Crippen LogP contribution in [0.25, 0.3) is 0 Å². The van der Waals surface area contributed by atoms with Crippen LogP contribution in [0.2, 0.25) is 5.02 Å². The van der Waals surface area contributed by atoms with Gasteiger partial charge in [-0.3, -0.25) is 4.79 Å². The Morgan fingerprint density at radius 1 is 1.27 bits per heavy atom. The van der Waals surface area contributed by atoms with E-state index in [2.05, 4.69) is 33.4 Å². The minimum Gasteiger partial charge on any atom is -0.324 e. The van der Waals surface area contributed by atoms with E-state index in [1.807, 2.05) is 38.1 Å². The number of aryl methyl sites for hydroxylation is 2. The molecule has 0 saturated carbocycles. The van der Waals surface area contributed by atoms with Gasteiger partial charge < -0.3 is 5.32 Å². The van der Waals surface area contributed by atoms with Crippen molar-refractivity contribution in [3.8, 4) is 0 Å². The highest BCUT2D eigenvalue weighted by atomic mass is 79.9. The first-order chi connectivity index (χ1) is 10.5. The molecule has 116 valence electrons. The fraction of sp³-hybridized carbons (Fsp3) is 0.235. The van der Waals surface area contributed by atoms with Crippen LogP contribution in [-0.4, -0.2) is 11.7 Å². The third-order valence-corrected chi connectivity index (χ3v) is 4.88. The molecule has 22 heavy (non-hydrogen) atoms. The Morgan fingerprint density at radius 2 is 2.05 bits per heavy atom. The maximum atomic E-state index is 12.1. The van der Waals surface area contributed by atoms with Crippen molar-refractivity contribution in [1.82, 2.24) is 0 Å². The van der Waals surface area contributed by atoms with Crippen molar-refractivity contribution in [3.63, 3.8) is 0 Å². The van der Waals surface area contributed by atoms with Crippen LogP contribution in [0.3, 0.4) is 0 Å². The molecule has 0 radical (unpaired) electrons. The number of hydrogen-bond acceptors (Lipinski definition) is 2. The van der Waals surface area contributed by atoms with Gasteiger partial charge >= 0.3 is 0 Å². The number of thioether (sulfide) groups is 1. The molecule has 0 fully saturated rings. The summed E-state index contributed by atoms with van der Waals surface area (Å²) in [5.74, 6) is 1.16. The SMILES string of the molecule is Cc1cc(C)c(NC(=O)CSCc2cccc(Br)c2)c(Cl)c1. The second-order valence-corrected chi connectivity index (χ2v) is 7.42. The molecule has 1 N–H and O–H groups in total. The molecule has 0 unspecified atom stereocenters. The number of halogens is 2. The first-order valence-electron chi connectivity index (χ1n) is 6.84. The van der Waals surface area contributed by atoms with Crippen LogP contribution in [0.4, 0.5) is 5.69 Å². The van der Waals surface area contributed by atoms with Gasteiger partial charge in [-0.1, -0.05) is 45.7 Å². The van der Waals surface area contributed by atoms with E-state index in [4.69, 9.17) is 11.6 Å². The molecule has 0 bridgehead atoms. The predicted molar refractivity (Wildman–Crippen MR) is 99.9 cm³/mol. The van der Waals surface area contributed by atoms with Crippen LogP contribution in [0.1, 0.15) is 16.7 Å². The summed E-state index contributed by atoms with van der Waals surface area (Å²) in [6.07, 6.45) is 0. The number of rotatable bonds is 5. The van der Waals surface area contributed by atoms with Crippen LogP contribution < -0.4 is 5.32 Å². The number of hydrogen-bond donors (Lipinski definition) is 1. The zero-order valence-corrected chi connectivity index (χ0v) is 15.6. The average Bonchev–Trinajstić information content (AvgIpc) is 2.43. The maximum Gasteiger partial charge on any atom is 0.234 e. The standard InChI is InChI=1S/C17H17BrClNOS/c1-11-6-12(2)17(15(19)7-11)20-16(21)10-22-9-13-4-3-5-14(18)8-13/h3-8H,9-10H2,1-2H3,(H,20,21). The van der Waals surface area contributed by atoms with Crippen LogP contribution in [0.5, 0.6) is 0 Å². The summed E-state index contributed by atoms with van der Waals surface area (Å²) in [4.78, 5) is 12.1. The van der Waals surface area contributed by atoms with Crippen molar-refractivity contribution < 1.29 is 4.79 Å². The van der Waals surface area contributed by atoms with Crippen molar-refractivity contribution in [2.75, 3.05) is 11.1 Å². The largest absolute Gasteiger partial charge is 0.324 e. The Kier molecular flexibility index (Phi) is 6.36. The van der Waals surface area contributed by atoms with E-state index in [0.717, 1.165) is 21.4 Å². The van der Waals surface area contributed by atoms with Crippen molar-refractivity contribution in [2.24, 2.45) is 0 Å². The van der Waals surface area contributed by atoms with Gasteiger partial charge in [-0.05, 0) is 48.7 Å². The summed E-state index contributed by atoms with van der Waals surface area (Å²) in [5.41, 5.74) is 3.97. The van der Waals surface area contributed by atoms with E-state index in [1.54, 1.807) is 11.8 Å². The fourth-order valence-electron chi connectivity index (χ4n) is 2.14. The van der Waals surface area contributed by atoms with E-state index >= 15 is 0 Å². The molecular weight excluding hydrogens is 382 g/mol. The summed E-state index contributed by atoms with van der Waals surface area (Å²) in [6, 6.07) is 12.0. The Hall–Kier alpha value is -0.970. The molecule has 2 aromatic rings. The van der Waals surface area contributed by atoms with Crippen LogP contribution >= 0.6 is 39.3 Å². The molecule has 0 heterocycles. The average molecular weight is 399 g/mol. The minimum atomic E-state index is -0.0335. The molecule has 0 saturated heterocycles. The highest BCUT2D eigenvalue weighted by Crippen LogP contribution is 2.27. The van der Waals surface area contributed by atoms with Gasteiger partial charge in [-0.15, -0.1) is 11.8 Å². The Balaban J connectivity index is 1.89. The van der Waals surface area contributed by atoms with Crippen molar-refractivity contribution in [2.45, 2.75) is 19.6 Å². The molecule has 2 aromatic carbocycles. The molecule has 0 spiro atoms. The number of nitrogens with one attached hydrogen (secondary N) is 1. The molecule has 2 nitrogen and oxygen atoms in total. The van der Waals surface area contributed by atoms with E-state index in [9.17, 15) is 4.79 Å². The second-order valence-electron chi connectivity index (χ2n) is 5.11. The van der Waals surface area contributed by atoms with E-state index in [-0.39, 0.29) is 5.91 Å². The van der Waals surface area contributed by atoms with Gasteiger partial charge in [0.2, 0.25) is 5.91 Å². The van der Waals surface area contributed by atoms with E-state index in [0.29, 0.717) is 16.5 Å². The molecule has 1 amide bonds. The molecular formula is C17H17BrClNOS. The Labute approximate surface area is 148 Å². The number of amides is 1. The fourth-order valence-corrected chi connectivity index (χ4v) is 3.73. The third-order valence-electron chi connectivity index (χ3n) is 3.09. The van der Waals surface area contributed by atoms with Gasteiger partial charge in [0, 0.05) is 10.2 Å². The van der Waals surface area contributed by atoms with Crippen molar-refractivity contribution in [3.05, 3.63) is 62.6 Å². The first-order valence-corrected chi connectivity index (χ1v) is 9.17. The van der Waals surface area contributed by atoms with Gasteiger partial charge in [0.1, 0.15) is 0 Å². The highest BCUT2D eigenvalue weighted by Gasteiger charge is 2.09. The first kappa shape index (κ1) is 17.4. The lowest BCUT2D eigenvalue weighted by Crippen LogP contribution is -2.15. The summed E-state index contributed by atoms with van der Waals surface area (Å²) in [7, 11) is 0.